The predicted molar refractivity (Wildman–Crippen MR) is 88.9 cm³/mol. The minimum absolute atomic E-state index is 0.0816. The molecule has 0 N–H and O–H groups in total. The van der Waals surface area contributed by atoms with Gasteiger partial charge < -0.3 is 9.30 Å². The van der Waals surface area contributed by atoms with Gasteiger partial charge in [-0.3, -0.25) is 4.79 Å². The van der Waals surface area contributed by atoms with Crippen LogP contribution >= 0.6 is 0 Å². The van der Waals surface area contributed by atoms with Crippen molar-refractivity contribution in [1.82, 2.24) is 4.57 Å². The fourth-order valence-electron chi connectivity index (χ4n) is 2.86. The maximum absolute atomic E-state index is 12.3. The zero-order valence-corrected chi connectivity index (χ0v) is 13.5. The second kappa shape index (κ2) is 6.41. The molecule has 120 valence electrons. The average molecular weight is 311 g/mol. The molecule has 0 aliphatic heterocycles. The number of carbonyl (C=O) groups excluding carboxylic acids is 1. The highest BCUT2D eigenvalue weighted by atomic mass is 16.5. The summed E-state index contributed by atoms with van der Waals surface area (Å²) in [4.78, 5) is 23.7. The summed E-state index contributed by atoms with van der Waals surface area (Å²) in [6.07, 6.45) is 3.16. The van der Waals surface area contributed by atoms with Gasteiger partial charge in [-0.2, -0.15) is 0 Å². The van der Waals surface area contributed by atoms with Crippen molar-refractivity contribution in [3.63, 3.8) is 0 Å². The van der Waals surface area contributed by atoms with Crippen molar-refractivity contribution in [2.24, 2.45) is 0 Å². The number of benzene rings is 1. The van der Waals surface area contributed by atoms with E-state index in [1.807, 2.05) is 23.6 Å². The van der Waals surface area contributed by atoms with Crippen molar-refractivity contribution in [2.45, 2.75) is 38.6 Å². The molecule has 0 atom stereocenters. The summed E-state index contributed by atoms with van der Waals surface area (Å²) in [6, 6.07) is 11.3. The summed E-state index contributed by atoms with van der Waals surface area (Å²) in [6.45, 7) is 2.64. The van der Waals surface area contributed by atoms with Crippen molar-refractivity contribution in [3.8, 4) is 0 Å². The fraction of sp³-hybridized carbons (Fsp3) is 0.368. The van der Waals surface area contributed by atoms with E-state index < -0.39 is 0 Å². The molecule has 1 fully saturated rings. The number of carbonyl (C=O) groups is 1. The van der Waals surface area contributed by atoms with E-state index in [1.165, 1.54) is 25.5 Å². The number of nitrogens with zero attached hydrogens (tertiary/aromatic N) is 1. The van der Waals surface area contributed by atoms with Crippen LogP contribution < -0.4 is 5.56 Å². The van der Waals surface area contributed by atoms with E-state index in [0.29, 0.717) is 18.0 Å². The molecule has 1 heterocycles. The minimum Gasteiger partial charge on any atom is -0.465 e. The first kappa shape index (κ1) is 15.5. The summed E-state index contributed by atoms with van der Waals surface area (Å²) >= 11 is 0. The van der Waals surface area contributed by atoms with E-state index in [2.05, 4.69) is 10.8 Å². The molecule has 0 radical (unpaired) electrons. The summed E-state index contributed by atoms with van der Waals surface area (Å²) < 4.78 is 6.51. The number of esters is 1. The molecule has 4 heteroatoms. The van der Waals surface area contributed by atoms with Crippen LogP contribution in [0.3, 0.4) is 0 Å². The largest absolute Gasteiger partial charge is 0.465 e. The first-order chi connectivity index (χ1) is 11.1. The first-order valence-corrected chi connectivity index (χ1v) is 7.97. The van der Waals surface area contributed by atoms with Gasteiger partial charge in [0.25, 0.3) is 5.56 Å². The summed E-state index contributed by atoms with van der Waals surface area (Å²) in [7, 11) is 1.37. The first-order valence-electron chi connectivity index (χ1n) is 7.97. The quantitative estimate of drug-likeness (QED) is 0.797. The molecule has 23 heavy (non-hydrogen) atoms. The Kier molecular flexibility index (Phi) is 4.33. The monoisotopic (exact) mass is 311 g/mol. The van der Waals surface area contributed by atoms with Crippen molar-refractivity contribution in [2.75, 3.05) is 7.11 Å². The van der Waals surface area contributed by atoms with Gasteiger partial charge in [0, 0.05) is 18.3 Å². The molecule has 1 aromatic carbocycles. The van der Waals surface area contributed by atoms with Gasteiger partial charge in [-0.05, 0) is 61.4 Å². The molecule has 1 saturated carbocycles. The van der Waals surface area contributed by atoms with Gasteiger partial charge in [-0.25, -0.2) is 4.79 Å². The van der Waals surface area contributed by atoms with Crippen LogP contribution in [-0.4, -0.2) is 17.6 Å². The van der Waals surface area contributed by atoms with E-state index in [4.69, 9.17) is 0 Å². The number of methoxy groups -OCH3 is 1. The molecule has 1 aromatic heterocycles. The van der Waals surface area contributed by atoms with Gasteiger partial charge in [0.1, 0.15) is 0 Å². The van der Waals surface area contributed by atoms with Crippen LogP contribution in [0.1, 0.15) is 45.9 Å². The van der Waals surface area contributed by atoms with E-state index in [-0.39, 0.29) is 11.5 Å². The lowest BCUT2D eigenvalue weighted by Crippen LogP contribution is -2.23. The Morgan fingerprint density at radius 1 is 1.22 bits per heavy atom. The lowest BCUT2D eigenvalue weighted by Gasteiger charge is -2.11. The normalized spacial score (nSPS) is 13.8. The SMILES string of the molecule is COC(=O)c1ccc(CCn2c(C)cc(C3CC3)cc2=O)cc1. The standard InChI is InChI=1S/C19H21NO3/c1-13-11-17(15-7-8-15)12-18(21)20(13)10-9-14-3-5-16(6-4-14)19(22)23-2/h3-6,11-12,15H,7-10H2,1-2H3. The zero-order valence-electron chi connectivity index (χ0n) is 13.5. The van der Waals surface area contributed by atoms with E-state index in [9.17, 15) is 9.59 Å². The lowest BCUT2D eigenvalue weighted by atomic mass is 10.1. The zero-order chi connectivity index (χ0) is 16.4. The van der Waals surface area contributed by atoms with Crippen LogP contribution in [0, 0.1) is 6.92 Å². The summed E-state index contributed by atoms with van der Waals surface area (Å²) in [5, 5.41) is 0. The van der Waals surface area contributed by atoms with Gasteiger partial charge in [0.15, 0.2) is 0 Å². The van der Waals surface area contributed by atoms with Gasteiger partial charge in [-0.15, -0.1) is 0 Å². The third-order valence-corrected chi connectivity index (χ3v) is 4.41. The van der Waals surface area contributed by atoms with Gasteiger partial charge in [0.05, 0.1) is 12.7 Å². The third kappa shape index (κ3) is 3.52. The Bertz CT molecular complexity index is 770. The van der Waals surface area contributed by atoms with Gasteiger partial charge in [-0.1, -0.05) is 12.1 Å². The maximum atomic E-state index is 12.3. The number of ether oxygens (including phenoxy) is 1. The van der Waals surface area contributed by atoms with Gasteiger partial charge >= 0.3 is 5.97 Å². The molecule has 0 saturated heterocycles. The van der Waals surface area contributed by atoms with Crippen LogP contribution in [-0.2, 0) is 17.7 Å². The Balaban J connectivity index is 1.70. The number of hydrogen-bond acceptors (Lipinski definition) is 3. The molecular weight excluding hydrogens is 290 g/mol. The molecule has 1 aliphatic rings. The molecule has 1 aliphatic carbocycles. The topological polar surface area (TPSA) is 48.3 Å². The van der Waals surface area contributed by atoms with Crippen molar-refractivity contribution in [1.29, 1.82) is 0 Å². The molecule has 0 bridgehead atoms. The predicted octanol–water partition coefficient (Wildman–Crippen LogP) is 3.06. The highest BCUT2D eigenvalue weighted by Crippen LogP contribution is 2.39. The van der Waals surface area contributed by atoms with Crippen molar-refractivity contribution >= 4 is 5.97 Å². The molecule has 0 unspecified atom stereocenters. The second-order valence-electron chi connectivity index (χ2n) is 6.13. The third-order valence-electron chi connectivity index (χ3n) is 4.41. The summed E-state index contributed by atoms with van der Waals surface area (Å²) in [5.41, 5.74) is 3.92. The summed E-state index contributed by atoms with van der Waals surface area (Å²) in [5.74, 6) is 0.265. The van der Waals surface area contributed by atoms with E-state index >= 15 is 0 Å². The van der Waals surface area contributed by atoms with Crippen LogP contribution in [0.4, 0.5) is 0 Å². The number of pyridine rings is 1. The van der Waals surface area contributed by atoms with Crippen LogP contribution in [0.2, 0.25) is 0 Å². The Hall–Kier alpha value is -2.36. The fourth-order valence-corrected chi connectivity index (χ4v) is 2.86. The average Bonchev–Trinajstić information content (AvgIpc) is 3.38. The van der Waals surface area contributed by atoms with E-state index in [1.54, 1.807) is 18.2 Å². The van der Waals surface area contributed by atoms with Gasteiger partial charge in [0.2, 0.25) is 0 Å². The lowest BCUT2D eigenvalue weighted by molar-refractivity contribution is 0.0600. The Morgan fingerprint density at radius 2 is 1.91 bits per heavy atom. The van der Waals surface area contributed by atoms with Crippen molar-refractivity contribution in [3.05, 3.63) is 69.1 Å². The molecular formula is C19H21NO3. The number of hydrogen-bond donors (Lipinski definition) is 0. The minimum atomic E-state index is -0.334. The second-order valence-corrected chi connectivity index (χ2v) is 6.13. The smallest absolute Gasteiger partial charge is 0.337 e. The highest BCUT2D eigenvalue weighted by Gasteiger charge is 2.24. The van der Waals surface area contributed by atoms with Crippen LogP contribution in [0.15, 0.2) is 41.2 Å². The van der Waals surface area contributed by atoms with Crippen LogP contribution in [0.5, 0.6) is 0 Å². The molecule has 4 nitrogen and oxygen atoms in total. The number of aromatic nitrogens is 1. The molecule has 0 spiro atoms. The Morgan fingerprint density at radius 3 is 2.48 bits per heavy atom. The Labute approximate surface area is 135 Å². The number of aryl methyl sites for hydroxylation is 2. The highest BCUT2D eigenvalue weighted by molar-refractivity contribution is 5.89. The maximum Gasteiger partial charge on any atom is 0.337 e. The van der Waals surface area contributed by atoms with Crippen LogP contribution in [0.25, 0.3) is 0 Å². The molecule has 2 aromatic rings. The van der Waals surface area contributed by atoms with Crippen molar-refractivity contribution < 1.29 is 9.53 Å². The molecule has 3 rings (SSSR count). The molecule has 0 amide bonds. The van der Waals surface area contributed by atoms with E-state index in [0.717, 1.165) is 17.7 Å². The number of rotatable bonds is 5.